The van der Waals surface area contributed by atoms with Crippen molar-refractivity contribution in [2.75, 3.05) is 20.2 Å². The molecule has 0 saturated carbocycles. The number of hydrogen-bond donors (Lipinski definition) is 0. The zero-order chi connectivity index (χ0) is 31.0. The fourth-order valence-electron chi connectivity index (χ4n) is 5.07. The van der Waals surface area contributed by atoms with Crippen LogP contribution in [0.3, 0.4) is 0 Å². The van der Waals surface area contributed by atoms with E-state index in [1.165, 1.54) is 58.2 Å². The van der Waals surface area contributed by atoms with Gasteiger partial charge in [0.05, 0.1) is 27.5 Å². The van der Waals surface area contributed by atoms with Crippen LogP contribution in [0.2, 0.25) is 0 Å². The molecule has 12 heteroatoms. The Hall–Kier alpha value is -3.55. The first-order chi connectivity index (χ1) is 20.3. The summed E-state index contributed by atoms with van der Waals surface area (Å²) in [6.07, 6.45) is -1.24. The number of benzene rings is 4. The molecular weight excluding hydrogens is 609 g/mol. The summed E-state index contributed by atoms with van der Waals surface area (Å²) in [5.74, 6) is -0.161. The van der Waals surface area contributed by atoms with Gasteiger partial charge < -0.3 is 4.74 Å². The van der Waals surface area contributed by atoms with Crippen LogP contribution < -0.4 is 4.74 Å². The Morgan fingerprint density at radius 3 is 1.60 bits per heavy atom. The minimum atomic E-state index is -4.14. The number of ether oxygens (including phenoxy) is 1. The van der Waals surface area contributed by atoms with Gasteiger partial charge in [0.1, 0.15) is 11.9 Å². The van der Waals surface area contributed by atoms with E-state index in [1.807, 2.05) is 13.8 Å². The normalized spacial score (nSPS) is 15.5. The van der Waals surface area contributed by atoms with Crippen LogP contribution in [-0.2, 0) is 35.6 Å². The van der Waals surface area contributed by atoms with Crippen LogP contribution in [0.25, 0.3) is 0 Å². The van der Waals surface area contributed by atoms with Crippen molar-refractivity contribution in [1.82, 2.24) is 8.61 Å². The third-order valence-electron chi connectivity index (χ3n) is 7.40. The summed E-state index contributed by atoms with van der Waals surface area (Å²) in [6.45, 7) is 3.52. The van der Waals surface area contributed by atoms with Crippen molar-refractivity contribution in [3.63, 3.8) is 0 Å². The number of rotatable bonds is 9. The third-order valence-corrected chi connectivity index (χ3v) is 12.8. The maximum Gasteiger partial charge on any atom is 0.244 e. The van der Waals surface area contributed by atoms with Crippen molar-refractivity contribution < 1.29 is 30.0 Å². The number of aryl methyl sites for hydroxylation is 2. The van der Waals surface area contributed by atoms with Crippen LogP contribution in [-0.4, -0.2) is 54.1 Å². The lowest BCUT2D eigenvalue weighted by molar-refractivity contribution is 0.290. The van der Waals surface area contributed by atoms with Gasteiger partial charge in [-0.15, -0.1) is 0 Å². The molecule has 1 heterocycles. The van der Waals surface area contributed by atoms with Crippen LogP contribution in [0.15, 0.2) is 112 Å². The van der Waals surface area contributed by atoms with Crippen LogP contribution in [0.5, 0.6) is 5.75 Å². The minimum Gasteiger partial charge on any atom is -0.496 e. The predicted molar refractivity (Wildman–Crippen MR) is 163 cm³/mol. The van der Waals surface area contributed by atoms with Gasteiger partial charge in [-0.1, -0.05) is 65.7 Å². The monoisotopic (exact) mass is 640 g/mol. The largest absolute Gasteiger partial charge is 0.496 e. The average Bonchev–Trinajstić information content (AvgIpc) is 3.45. The highest BCUT2D eigenvalue weighted by Crippen LogP contribution is 2.40. The Balaban J connectivity index is 1.60. The van der Waals surface area contributed by atoms with Crippen LogP contribution in [0.4, 0.5) is 0 Å². The summed E-state index contributed by atoms with van der Waals surface area (Å²) >= 11 is 0. The summed E-state index contributed by atoms with van der Waals surface area (Å²) in [5, 5.41) is 0. The molecule has 0 N–H and O–H groups in total. The predicted octanol–water partition coefficient (Wildman–Crippen LogP) is 4.68. The molecule has 0 unspecified atom stereocenters. The van der Waals surface area contributed by atoms with E-state index in [-0.39, 0.29) is 39.3 Å². The van der Waals surface area contributed by atoms with Crippen LogP contribution >= 0.6 is 0 Å². The molecule has 1 aliphatic heterocycles. The molecule has 1 saturated heterocycles. The number of sulfonamides is 2. The van der Waals surface area contributed by atoms with Crippen molar-refractivity contribution in [2.45, 2.75) is 40.5 Å². The lowest BCUT2D eigenvalue weighted by Gasteiger charge is -2.30. The van der Waals surface area contributed by atoms with Crippen molar-refractivity contribution in [1.29, 1.82) is 0 Å². The third kappa shape index (κ3) is 6.11. The molecule has 9 nitrogen and oxygen atoms in total. The van der Waals surface area contributed by atoms with Gasteiger partial charge in [0.25, 0.3) is 0 Å². The lowest BCUT2D eigenvalue weighted by atomic mass is 10.1. The maximum absolute atomic E-state index is 13.9. The SMILES string of the molecule is COc1cc(C2N(S(=O)(=O)c3ccc(C)cc3)CCN2S(=O)(=O)c2ccc(C)cc2)ccc1CS(=O)(=O)c1ccccc1. The Bertz CT molecular complexity index is 1860. The van der Waals surface area contributed by atoms with Gasteiger partial charge in [-0.05, 0) is 61.9 Å². The maximum atomic E-state index is 13.9. The Morgan fingerprint density at radius 1 is 0.651 bits per heavy atom. The standard InChI is InChI=1S/C31H32N2O7S3/c1-23-9-15-28(16-10-23)42(36,37)32-19-20-33(43(38,39)29-17-11-24(2)12-18-29)31(32)25-13-14-26(30(21-25)40-3)22-41(34,35)27-7-5-4-6-8-27/h4-18,21,31H,19-20,22H2,1-3H3. The van der Waals surface area contributed by atoms with Crippen molar-refractivity contribution in [2.24, 2.45) is 0 Å². The Morgan fingerprint density at radius 2 is 1.14 bits per heavy atom. The van der Waals surface area contributed by atoms with Crippen molar-refractivity contribution >= 4 is 29.9 Å². The molecular formula is C31H32N2O7S3. The second-order valence-corrected chi connectivity index (χ2v) is 16.1. The summed E-state index contributed by atoms with van der Waals surface area (Å²) in [6, 6.07) is 25.4. The highest BCUT2D eigenvalue weighted by atomic mass is 32.2. The Kier molecular flexibility index (Phi) is 8.52. The summed E-state index contributed by atoms with van der Waals surface area (Å²) in [4.78, 5) is 0.230. The van der Waals surface area contributed by atoms with Gasteiger partial charge in [-0.3, -0.25) is 0 Å². The van der Waals surface area contributed by atoms with Gasteiger partial charge >= 0.3 is 0 Å². The van der Waals surface area contributed by atoms with Gasteiger partial charge in [0, 0.05) is 18.7 Å². The van der Waals surface area contributed by atoms with Gasteiger partial charge in [-0.2, -0.15) is 8.61 Å². The zero-order valence-electron chi connectivity index (χ0n) is 23.9. The average molecular weight is 641 g/mol. The van der Waals surface area contributed by atoms with E-state index in [0.717, 1.165) is 11.1 Å². The molecule has 0 aromatic heterocycles. The summed E-state index contributed by atoms with van der Waals surface area (Å²) < 4.78 is 89.9. The molecule has 0 bridgehead atoms. The van der Waals surface area contributed by atoms with E-state index in [9.17, 15) is 25.3 Å². The molecule has 43 heavy (non-hydrogen) atoms. The van der Waals surface area contributed by atoms with E-state index in [1.54, 1.807) is 54.6 Å². The second kappa shape index (κ2) is 11.9. The summed E-state index contributed by atoms with van der Waals surface area (Å²) in [7, 11) is -10.6. The van der Waals surface area contributed by atoms with Gasteiger partial charge in [-0.25, -0.2) is 25.3 Å². The van der Waals surface area contributed by atoms with E-state index < -0.39 is 36.0 Å². The van der Waals surface area contributed by atoms with Crippen LogP contribution in [0.1, 0.15) is 28.4 Å². The molecule has 226 valence electrons. The Labute approximate surface area is 253 Å². The molecule has 0 spiro atoms. The first-order valence-electron chi connectivity index (χ1n) is 13.5. The van der Waals surface area contributed by atoms with E-state index in [2.05, 4.69) is 0 Å². The van der Waals surface area contributed by atoms with E-state index in [4.69, 9.17) is 4.74 Å². The zero-order valence-corrected chi connectivity index (χ0v) is 26.4. The van der Waals surface area contributed by atoms with Crippen LogP contribution in [0, 0.1) is 13.8 Å². The fourth-order valence-corrected chi connectivity index (χ4v) is 9.66. The minimum absolute atomic E-state index is 0.0372. The molecule has 0 aliphatic carbocycles. The second-order valence-electron chi connectivity index (χ2n) is 10.4. The van der Waals surface area contributed by atoms with Gasteiger partial charge in [0.2, 0.25) is 20.0 Å². The molecule has 1 aliphatic rings. The molecule has 0 radical (unpaired) electrons. The fraction of sp³-hybridized carbons (Fsp3) is 0.226. The molecule has 0 atom stereocenters. The van der Waals surface area contributed by atoms with Crippen molar-refractivity contribution in [3.8, 4) is 5.75 Å². The molecule has 1 fully saturated rings. The number of methoxy groups -OCH3 is 1. The quantitative estimate of drug-likeness (QED) is 0.261. The highest BCUT2D eigenvalue weighted by Gasteiger charge is 2.47. The number of sulfone groups is 1. The van der Waals surface area contributed by atoms with Gasteiger partial charge in [0.15, 0.2) is 9.84 Å². The van der Waals surface area contributed by atoms with E-state index >= 15 is 0 Å². The molecule has 5 rings (SSSR count). The summed E-state index contributed by atoms with van der Waals surface area (Å²) in [5.41, 5.74) is 2.44. The number of hydrogen-bond acceptors (Lipinski definition) is 7. The smallest absolute Gasteiger partial charge is 0.244 e. The van der Waals surface area contributed by atoms with E-state index in [0.29, 0.717) is 11.1 Å². The van der Waals surface area contributed by atoms with Crippen molar-refractivity contribution in [3.05, 3.63) is 119 Å². The molecule has 4 aromatic rings. The molecule has 4 aromatic carbocycles. The highest BCUT2D eigenvalue weighted by molar-refractivity contribution is 7.90. The molecule has 0 amide bonds. The number of nitrogens with zero attached hydrogens (tertiary/aromatic N) is 2. The lowest BCUT2D eigenvalue weighted by Crippen LogP contribution is -2.38. The topological polar surface area (TPSA) is 118 Å². The first kappa shape index (κ1) is 30.9. The first-order valence-corrected chi connectivity index (χ1v) is 18.0.